The van der Waals surface area contributed by atoms with Gasteiger partial charge in [0.2, 0.25) is 0 Å². The van der Waals surface area contributed by atoms with Crippen LogP contribution in [0.15, 0.2) is 0 Å². The fourth-order valence-electron chi connectivity index (χ4n) is 3.60. The third-order valence-electron chi connectivity index (χ3n) is 4.24. The van der Waals surface area contributed by atoms with E-state index in [2.05, 4.69) is 32.6 Å². The van der Waals surface area contributed by atoms with E-state index < -0.39 is 0 Å². The third-order valence-corrected chi connectivity index (χ3v) is 4.24. The first-order valence-corrected chi connectivity index (χ1v) is 5.71. The molecule has 0 aliphatic carbocycles. The SMILES string of the molecule is CC1CN2CCCC2(C(C)(C)C)C1. The fourth-order valence-corrected chi connectivity index (χ4v) is 3.60. The van der Waals surface area contributed by atoms with Crippen molar-refractivity contribution in [2.75, 3.05) is 13.1 Å². The highest BCUT2D eigenvalue weighted by Crippen LogP contribution is 2.51. The monoisotopic (exact) mass is 181 g/mol. The number of hydrogen-bond donors (Lipinski definition) is 0. The molecule has 0 aromatic heterocycles. The minimum atomic E-state index is 0.467. The number of fused-ring (bicyclic) bond motifs is 1. The molecule has 0 aromatic rings. The van der Waals surface area contributed by atoms with Crippen molar-refractivity contribution < 1.29 is 0 Å². The zero-order valence-corrected chi connectivity index (χ0v) is 9.56. The second-order valence-corrected chi connectivity index (χ2v) is 6.14. The van der Waals surface area contributed by atoms with Crippen molar-refractivity contribution in [1.82, 2.24) is 4.90 Å². The van der Waals surface area contributed by atoms with Gasteiger partial charge in [-0.2, -0.15) is 0 Å². The lowest BCUT2D eigenvalue weighted by molar-refractivity contribution is 0.0639. The van der Waals surface area contributed by atoms with Gasteiger partial charge in [-0.05, 0) is 37.1 Å². The van der Waals surface area contributed by atoms with Crippen molar-refractivity contribution in [3.05, 3.63) is 0 Å². The van der Waals surface area contributed by atoms with Crippen molar-refractivity contribution in [3.63, 3.8) is 0 Å². The second kappa shape index (κ2) is 2.73. The van der Waals surface area contributed by atoms with Gasteiger partial charge in [0.1, 0.15) is 0 Å². The minimum Gasteiger partial charge on any atom is -0.297 e. The highest BCUT2D eigenvalue weighted by atomic mass is 15.3. The van der Waals surface area contributed by atoms with Crippen molar-refractivity contribution >= 4 is 0 Å². The maximum absolute atomic E-state index is 2.76. The summed E-state index contributed by atoms with van der Waals surface area (Å²) in [5, 5.41) is 0. The maximum atomic E-state index is 2.76. The smallest absolute Gasteiger partial charge is 0.0261 e. The summed E-state index contributed by atoms with van der Waals surface area (Å²) in [5.41, 5.74) is 1.01. The van der Waals surface area contributed by atoms with Crippen LogP contribution in [0.4, 0.5) is 0 Å². The predicted octanol–water partition coefficient (Wildman–Crippen LogP) is 2.91. The van der Waals surface area contributed by atoms with E-state index in [0.29, 0.717) is 11.0 Å². The largest absolute Gasteiger partial charge is 0.297 e. The van der Waals surface area contributed by atoms with Crippen molar-refractivity contribution in [2.45, 2.75) is 52.5 Å². The zero-order valence-electron chi connectivity index (χ0n) is 9.56. The minimum absolute atomic E-state index is 0.467. The summed E-state index contributed by atoms with van der Waals surface area (Å²) in [6, 6.07) is 0. The molecule has 0 N–H and O–H groups in total. The van der Waals surface area contributed by atoms with E-state index in [1.165, 1.54) is 32.4 Å². The molecule has 0 bridgehead atoms. The van der Waals surface area contributed by atoms with Crippen LogP contribution < -0.4 is 0 Å². The Balaban J connectivity index is 2.28. The first kappa shape index (κ1) is 9.51. The molecule has 2 aliphatic heterocycles. The summed E-state index contributed by atoms with van der Waals surface area (Å²) < 4.78 is 0. The standard InChI is InChI=1S/C12H23N/c1-10-8-12(11(2,3)4)6-5-7-13(12)9-10/h10H,5-9H2,1-4H3. The summed E-state index contributed by atoms with van der Waals surface area (Å²) in [6.45, 7) is 12.4. The molecule has 2 heterocycles. The van der Waals surface area contributed by atoms with Crippen LogP contribution in [0.3, 0.4) is 0 Å². The topological polar surface area (TPSA) is 3.24 Å². The van der Waals surface area contributed by atoms with Gasteiger partial charge in [0.05, 0.1) is 0 Å². The Morgan fingerprint density at radius 1 is 1.31 bits per heavy atom. The molecule has 13 heavy (non-hydrogen) atoms. The van der Waals surface area contributed by atoms with Crippen LogP contribution in [0.1, 0.15) is 47.0 Å². The van der Waals surface area contributed by atoms with Gasteiger partial charge in [-0.1, -0.05) is 27.7 Å². The third kappa shape index (κ3) is 1.24. The Morgan fingerprint density at radius 2 is 2.00 bits per heavy atom. The molecule has 1 heteroatoms. The van der Waals surface area contributed by atoms with Crippen molar-refractivity contribution in [3.8, 4) is 0 Å². The molecular formula is C12H23N. The number of rotatable bonds is 0. The van der Waals surface area contributed by atoms with Crippen molar-refractivity contribution in [1.29, 1.82) is 0 Å². The number of nitrogens with zero attached hydrogens (tertiary/aromatic N) is 1. The summed E-state index contributed by atoms with van der Waals surface area (Å²) in [5.74, 6) is 0.916. The van der Waals surface area contributed by atoms with Crippen LogP contribution in [0.25, 0.3) is 0 Å². The Morgan fingerprint density at radius 3 is 2.54 bits per heavy atom. The summed E-state index contributed by atoms with van der Waals surface area (Å²) in [4.78, 5) is 2.76. The maximum Gasteiger partial charge on any atom is 0.0261 e. The van der Waals surface area contributed by atoms with Crippen LogP contribution in [-0.4, -0.2) is 23.5 Å². The molecule has 2 atom stereocenters. The second-order valence-electron chi connectivity index (χ2n) is 6.14. The molecule has 2 aliphatic rings. The molecule has 0 radical (unpaired) electrons. The summed E-state index contributed by atoms with van der Waals surface area (Å²) in [6.07, 6.45) is 4.28. The molecule has 0 aromatic carbocycles. The quantitative estimate of drug-likeness (QED) is 0.555. The van der Waals surface area contributed by atoms with Crippen LogP contribution in [-0.2, 0) is 0 Å². The molecule has 2 rings (SSSR count). The van der Waals surface area contributed by atoms with Crippen molar-refractivity contribution in [2.24, 2.45) is 11.3 Å². The lowest BCUT2D eigenvalue weighted by atomic mass is 9.70. The predicted molar refractivity (Wildman–Crippen MR) is 56.8 cm³/mol. The van der Waals surface area contributed by atoms with Gasteiger partial charge in [0, 0.05) is 12.1 Å². The first-order chi connectivity index (χ1) is 5.96. The molecule has 2 unspecified atom stereocenters. The van der Waals surface area contributed by atoms with Crippen LogP contribution in [0, 0.1) is 11.3 Å². The molecule has 1 nitrogen and oxygen atoms in total. The zero-order chi connectivity index (χ0) is 9.69. The molecule has 2 fully saturated rings. The lowest BCUT2D eigenvalue weighted by Gasteiger charge is -2.44. The first-order valence-electron chi connectivity index (χ1n) is 5.71. The van der Waals surface area contributed by atoms with Crippen LogP contribution >= 0.6 is 0 Å². The van der Waals surface area contributed by atoms with Crippen LogP contribution in [0.2, 0.25) is 0 Å². The molecule has 0 spiro atoms. The fraction of sp³-hybridized carbons (Fsp3) is 1.00. The van der Waals surface area contributed by atoms with Gasteiger partial charge in [0.15, 0.2) is 0 Å². The summed E-state index contributed by atoms with van der Waals surface area (Å²) in [7, 11) is 0. The Labute approximate surface area is 82.5 Å². The van der Waals surface area contributed by atoms with E-state index in [-0.39, 0.29) is 0 Å². The van der Waals surface area contributed by atoms with E-state index in [4.69, 9.17) is 0 Å². The van der Waals surface area contributed by atoms with E-state index >= 15 is 0 Å². The molecule has 0 amide bonds. The van der Waals surface area contributed by atoms with E-state index in [9.17, 15) is 0 Å². The average molecular weight is 181 g/mol. The Bertz CT molecular complexity index is 204. The Hall–Kier alpha value is -0.0400. The average Bonchev–Trinajstić information content (AvgIpc) is 2.40. The van der Waals surface area contributed by atoms with Gasteiger partial charge in [-0.3, -0.25) is 4.90 Å². The van der Waals surface area contributed by atoms with Crippen LogP contribution in [0.5, 0.6) is 0 Å². The van der Waals surface area contributed by atoms with E-state index in [1.54, 1.807) is 0 Å². The number of hydrogen-bond acceptors (Lipinski definition) is 1. The highest BCUT2D eigenvalue weighted by Gasteiger charge is 2.53. The normalized spacial score (nSPS) is 41.1. The molecule has 76 valence electrons. The molecule has 0 saturated carbocycles. The van der Waals surface area contributed by atoms with Gasteiger partial charge in [0.25, 0.3) is 0 Å². The van der Waals surface area contributed by atoms with Gasteiger partial charge < -0.3 is 0 Å². The lowest BCUT2D eigenvalue weighted by Crippen LogP contribution is -2.48. The van der Waals surface area contributed by atoms with E-state index in [1.807, 2.05) is 0 Å². The van der Waals surface area contributed by atoms with Gasteiger partial charge in [-0.15, -0.1) is 0 Å². The Kier molecular flexibility index (Phi) is 1.99. The van der Waals surface area contributed by atoms with Gasteiger partial charge >= 0.3 is 0 Å². The van der Waals surface area contributed by atoms with Gasteiger partial charge in [-0.25, -0.2) is 0 Å². The highest BCUT2D eigenvalue weighted by molar-refractivity contribution is 5.08. The molecular weight excluding hydrogens is 158 g/mol. The molecule has 2 saturated heterocycles. The van der Waals surface area contributed by atoms with E-state index in [0.717, 1.165) is 5.92 Å². The summed E-state index contributed by atoms with van der Waals surface area (Å²) >= 11 is 0.